The minimum atomic E-state index is -0.436. The number of halogens is 2. The molecule has 0 N–H and O–H groups in total. The van der Waals surface area contributed by atoms with Crippen LogP contribution in [0.2, 0.25) is 0 Å². The van der Waals surface area contributed by atoms with Crippen LogP contribution in [-0.2, 0) is 23.7 Å². The number of Topliss-reactive ketones (excluding diaryl/α,β-unsaturated/α-hetero) is 1. The highest BCUT2D eigenvalue weighted by molar-refractivity contribution is 6.23. The third kappa shape index (κ3) is 5.41. The Morgan fingerprint density at radius 1 is 0.767 bits per heavy atom. The summed E-state index contributed by atoms with van der Waals surface area (Å²) >= 11 is 13.1. The highest BCUT2D eigenvalue weighted by Gasteiger charge is 2.23. The van der Waals surface area contributed by atoms with Gasteiger partial charge < -0.3 is 18.9 Å². The molecule has 0 saturated carbocycles. The average Bonchev–Trinajstić information content (AvgIpc) is 3.48. The van der Waals surface area contributed by atoms with Gasteiger partial charge in [0.2, 0.25) is 0 Å². The summed E-state index contributed by atoms with van der Waals surface area (Å²) in [6.45, 7) is 2.31. The number of ether oxygens (including phenoxy) is 4. The Morgan fingerprint density at radius 3 is 1.57 bits per heavy atom. The first-order valence-electron chi connectivity index (χ1n) is 10.1. The number of hydrogen-bond donors (Lipinski definition) is 0. The second-order valence-corrected chi connectivity index (χ2v) is 8.42. The maximum absolute atomic E-state index is 12.6. The number of ketones is 1. The number of hydrogen-bond acceptors (Lipinski definition) is 5. The van der Waals surface area contributed by atoms with Gasteiger partial charge in [-0.3, -0.25) is 4.79 Å². The highest BCUT2D eigenvalue weighted by Crippen LogP contribution is 2.33. The van der Waals surface area contributed by atoms with Gasteiger partial charge in [0.1, 0.15) is 5.78 Å². The van der Waals surface area contributed by atoms with Crippen molar-refractivity contribution in [1.29, 1.82) is 0 Å². The quantitative estimate of drug-likeness (QED) is 0.504. The van der Waals surface area contributed by atoms with Gasteiger partial charge in [-0.1, -0.05) is 36.4 Å². The molecule has 5 nitrogen and oxygen atoms in total. The Kier molecular flexibility index (Phi) is 7.41. The Morgan fingerprint density at radius 2 is 1.17 bits per heavy atom. The van der Waals surface area contributed by atoms with Crippen molar-refractivity contribution in [3.63, 3.8) is 0 Å². The molecular formula is C23H24Cl2O5. The second kappa shape index (κ2) is 10.2. The molecule has 0 amide bonds. The Bertz CT molecular complexity index is 793. The van der Waals surface area contributed by atoms with E-state index < -0.39 is 10.8 Å². The molecule has 2 aromatic rings. The molecule has 2 unspecified atom stereocenters. The average molecular weight is 451 g/mol. The summed E-state index contributed by atoms with van der Waals surface area (Å²) < 4.78 is 22.1. The lowest BCUT2D eigenvalue weighted by Crippen LogP contribution is -2.08. The van der Waals surface area contributed by atoms with Gasteiger partial charge in [0, 0.05) is 24.0 Å². The molecule has 2 atom stereocenters. The summed E-state index contributed by atoms with van der Waals surface area (Å²) in [4.78, 5) is 12.6. The largest absolute Gasteiger partial charge is 0.346 e. The monoisotopic (exact) mass is 450 g/mol. The molecule has 2 saturated heterocycles. The number of benzene rings is 2. The van der Waals surface area contributed by atoms with Gasteiger partial charge in [0.15, 0.2) is 12.6 Å². The predicted molar refractivity (Wildman–Crippen MR) is 114 cm³/mol. The molecule has 160 valence electrons. The van der Waals surface area contributed by atoms with Crippen molar-refractivity contribution in [2.24, 2.45) is 0 Å². The van der Waals surface area contributed by atoms with Crippen molar-refractivity contribution in [3.05, 3.63) is 70.8 Å². The van der Waals surface area contributed by atoms with Crippen LogP contribution < -0.4 is 0 Å². The zero-order valence-electron chi connectivity index (χ0n) is 16.5. The fraction of sp³-hybridized carbons (Fsp3) is 0.435. The molecule has 2 fully saturated rings. The van der Waals surface area contributed by atoms with Crippen molar-refractivity contribution < 1.29 is 23.7 Å². The molecular weight excluding hydrogens is 427 g/mol. The van der Waals surface area contributed by atoms with Gasteiger partial charge in [-0.15, -0.1) is 23.2 Å². The molecule has 2 heterocycles. The highest BCUT2D eigenvalue weighted by atomic mass is 35.5. The van der Waals surface area contributed by atoms with E-state index in [-0.39, 0.29) is 31.2 Å². The third-order valence-corrected chi connectivity index (χ3v) is 5.96. The van der Waals surface area contributed by atoms with Crippen molar-refractivity contribution in [3.8, 4) is 0 Å². The van der Waals surface area contributed by atoms with Crippen LogP contribution in [0.15, 0.2) is 48.5 Å². The molecule has 2 aromatic carbocycles. The Labute approximate surface area is 186 Å². The lowest BCUT2D eigenvalue weighted by atomic mass is 9.99. The zero-order chi connectivity index (χ0) is 20.9. The van der Waals surface area contributed by atoms with E-state index in [4.69, 9.17) is 42.1 Å². The van der Waals surface area contributed by atoms with Crippen molar-refractivity contribution in [2.75, 3.05) is 26.4 Å². The van der Waals surface area contributed by atoms with Gasteiger partial charge in [-0.2, -0.15) is 0 Å². The fourth-order valence-electron chi connectivity index (χ4n) is 3.62. The summed E-state index contributed by atoms with van der Waals surface area (Å²) in [5.41, 5.74) is 3.55. The summed E-state index contributed by atoms with van der Waals surface area (Å²) in [6.07, 6.45) is -0.321. The van der Waals surface area contributed by atoms with E-state index in [1.807, 2.05) is 48.5 Å². The Balaban J connectivity index is 1.35. The fourth-order valence-corrected chi connectivity index (χ4v) is 4.24. The zero-order valence-corrected chi connectivity index (χ0v) is 18.0. The van der Waals surface area contributed by atoms with Crippen LogP contribution in [-0.4, -0.2) is 32.2 Å². The first-order valence-corrected chi connectivity index (χ1v) is 10.9. The summed E-state index contributed by atoms with van der Waals surface area (Å²) in [6, 6.07) is 15.4. The molecule has 30 heavy (non-hydrogen) atoms. The standard InChI is InChI=1S/C23H24Cl2O5/c24-20(15-3-1-5-17(11-15)22-27-7-8-28-22)13-19(26)14-21(25)16-4-2-6-18(12-16)23-29-9-10-30-23/h1-6,11-12,20-23H,7-10,13-14H2. The van der Waals surface area contributed by atoms with E-state index in [1.165, 1.54) is 0 Å². The van der Waals surface area contributed by atoms with Gasteiger partial charge in [0.05, 0.1) is 37.2 Å². The van der Waals surface area contributed by atoms with Crippen LogP contribution in [0, 0.1) is 0 Å². The molecule has 2 aliphatic rings. The van der Waals surface area contributed by atoms with Crippen LogP contribution in [0.5, 0.6) is 0 Å². The molecule has 7 heteroatoms. The summed E-state index contributed by atoms with van der Waals surface area (Å²) in [5.74, 6) is 0.00698. The summed E-state index contributed by atoms with van der Waals surface area (Å²) in [7, 11) is 0. The third-order valence-electron chi connectivity index (χ3n) is 5.15. The number of rotatable bonds is 8. The lowest BCUT2D eigenvalue weighted by molar-refractivity contribution is -0.119. The maximum Gasteiger partial charge on any atom is 0.184 e. The van der Waals surface area contributed by atoms with Crippen molar-refractivity contribution in [2.45, 2.75) is 36.2 Å². The molecule has 0 radical (unpaired) electrons. The minimum absolute atomic E-state index is 0.00698. The van der Waals surface area contributed by atoms with Crippen LogP contribution in [0.1, 0.15) is 58.4 Å². The van der Waals surface area contributed by atoms with Gasteiger partial charge in [-0.05, 0) is 23.3 Å². The molecule has 0 aromatic heterocycles. The lowest BCUT2D eigenvalue weighted by Gasteiger charge is -2.16. The van der Waals surface area contributed by atoms with Crippen molar-refractivity contribution in [1.82, 2.24) is 0 Å². The number of alkyl halides is 2. The van der Waals surface area contributed by atoms with Crippen LogP contribution in [0.25, 0.3) is 0 Å². The second-order valence-electron chi connectivity index (χ2n) is 7.37. The van der Waals surface area contributed by atoms with E-state index in [0.29, 0.717) is 26.4 Å². The topological polar surface area (TPSA) is 54.0 Å². The smallest absolute Gasteiger partial charge is 0.184 e. The molecule has 2 aliphatic heterocycles. The SMILES string of the molecule is O=C(CC(Cl)c1cccc(C2OCCO2)c1)CC(Cl)c1cccc(C2OCCO2)c1. The van der Waals surface area contributed by atoms with Gasteiger partial charge >= 0.3 is 0 Å². The van der Waals surface area contributed by atoms with E-state index in [2.05, 4.69) is 0 Å². The summed E-state index contributed by atoms with van der Waals surface area (Å²) in [5, 5.41) is -0.872. The number of carbonyl (C=O) groups excluding carboxylic acids is 1. The normalized spacial score (nSPS) is 19.8. The first-order chi connectivity index (χ1) is 14.6. The first kappa shape index (κ1) is 21.8. The van der Waals surface area contributed by atoms with E-state index in [0.717, 1.165) is 22.3 Å². The van der Waals surface area contributed by atoms with Crippen LogP contribution in [0.4, 0.5) is 0 Å². The van der Waals surface area contributed by atoms with Crippen LogP contribution >= 0.6 is 23.2 Å². The number of carbonyl (C=O) groups is 1. The predicted octanol–water partition coefficient (Wildman–Crippen LogP) is 5.39. The van der Waals surface area contributed by atoms with Gasteiger partial charge in [-0.25, -0.2) is 0 Å². The molecule has 4 rings (SSSR count). The Hall–Kier alpha value is -1.47. The van der Waals surface area contributed by atoms with Crippen LogP contribution in [0.3, 0.4) is 0 Å². The van der Waals surface area contributed by atoms with E-state index in [9.17, 15) is 4.79 Å². The van der Waals surface area contributed by atoms with E-state index >= 15 is 0 Å². The maximum atomic E-state index is 12.6. The molecule has 0 spiro atoms. The molecule has 0 bridgehead atoms. The van der Waals surface area contributed by atoms with Gasteiger partial charge in [0.25, 0.3) is 0 Å². The van der Waals surface area contributed by atoms with Crippen molar-refractivity contribution >= 4 is 29.0 Å². The minimum Gasteiger partial charge on any atom is -0.346 e. The van der Waals surface area contributed by atoms with E-state index in [1.54, 1.807) is 0 Å². The molecule has 0 aliphatic carbocycles.